The van der Waals surface area contributed by atoms with E-state index in [1.165, 1.54) is 0 Å². The fraction of sp³-hybridized carbons (Fsp3) is 0.278. The fourth-order valence-electron chi connectivity index (χ4n) is 2.13. The third-order valence-electron chi connectivity index (χ3n) is 3.16. The Hall–Kier alpha value is -2.29. The summed E-state index contributed by atoms with van der Waals surface area (Å²) >= 11 is 0. The van der Waals surface area contributed by atoms with Gasteiger partial charge in [0.05, 0.1) is 18.8 Å². The van der Waals surface area contributed by atoms with E-state index in [1.54, 1.807) is 19.2 Å². The van der Waals surface area contributed by atoms with Crippen LogP contribution in [0.2, 0.25) is 0 Å². The minimum Gasteiger partial charge on any atom is -0.496 e. The largest absolute Gasteiger partial charge is 0.496 e. The van der Waals surface area contributed by atoms with Crippen molar-refractivity contribution in [3.05, 3.63) is 59.2 Å². The average Bonchev–Trinajstić information content (AvgIpc) is 2.47. The minimum absolute atomic E-state index is 0.0199. The molecule has 0 fully saturated rings. The Bertz CT molecular complexity index is 645. The number of carbonyl (C=O) groups is 1. The summed E-state index contributed by atoms with van der Waals surface area (Å²) in [5, 5.41) is 0. The number of para-hydroxylation sites is 1. The first-order valence-corrected chi connectivity index (χ1v) is 6.98. The molecule has 2 aromatic carbocycles. The van der Waals surface area contributed by atoms with Crippen LogP contribution in [0, 0.1) is 6.92 Å². The van der Waals surface area contributed by atoms with E-state index in [0.717, 1.165) is 5.56 Å². The van der Waals surface area contributed by atoms with Gasteiger partial charge in [0.1, 0.15) is 11.5 Å². The van der Waals surface area contributed by atoms with Gasteiger partial charge >= 0.3 is 0 Å². The van der Waals surface area contributed by atoms with Crippen molar-refractivity contribution in [2.75, 3.05) is 7.11 Å². The zero-order valence-electron chi connectivity index (χ0n) is 12.8. The number of aryl methyl sites for hydroxylation is 1. The quantitative estimate of drug-likeness (QED) is 0.778. The molecule has 0 radical (unpaired) electrons. The van der Waals surface area contributed by atoms with E-state index in [1.807, 2.05) is 51.1 Å². The molecule has 0 unspecified atom stereocenters. The van der Waals surface area contributed by atoms with Crippen LogP contribution in [0.15, 0.2) is 42.5 Å². The first-order chi connectivity index (χ1) is 10.0. The maximum absolute atomic E-state index is 12.7. The molecule has 0 atom stereocenters. The number of ether oxygens (including phenoxy) is 2. The first-order valence-electron chi connectivity index (χ1n) is 6.98. The molecule has 3 nitrogen and oxygen atoms in total. The predicted octanol–water partition coefficient (Wildman–Crippen LogP) is 4.02. The van der Waals surface area contributed by atoms with Gasteiger partial charge in [-0.1, -0.05) is 24.3 Å². The number of rotatable bonds is 5. The molecule has 0 aliphatic carbocycles. The van der Waals surface area contributed by atoms with Gasteiger partial charge in [0.2, 0.25) is 0 Å². The van der Waals surface area contributed by atoms with Gasteiger partial charge in [-0.2, -0.15) is 0 Å². The Kier molecular flexibility index (Phi) is 4.63. The molecule has 0 N–H and O–H groups in total. The molecule has 0 aliphatic rings. The van der Waals surface area contributed by atoms with Crippen LogP contribution in [-0.4, -0.2) is 19.0 Å². The van der Waals surface area contributed by atoms with Crippen LogP contribution in [0.4, 0.5) is 0 Å². The van der Waals surface area contributed by atoms with E-state index in [2.05, 4.69) is 0 Å². The van der Waals surface area contributed by atoms with Gasteiger partial charge in [-0.05, 0) is 44.5 Å². The second kappa shape index (κ2) is 6.44. The Morgan fingerprint density at radius 3 is 2.43 bits per heavy atom. The van der Waals surface area contributed by atoms with Gasteiger partial charge in [-0.3, -0.25) is 4.79 Å². The Morgan fingerprint density at radius 2 is 1.76 bits per heavy atom. The van der Waals surface area contributed by atoms with Gasteiger partial charge in [0.15, 0.2) is 5.78 Å². The van der Waals surface area contributed by atoms with E-state index >= 15 is 0 Å². The Morgan fingerprint density at radius 1 is 1.05 bits per heavy atom. The van der Waals surface area contributed by atoms with Crippen molar-refractivity contribution in [3.63, 3.8) is 0 Å². The number of carbonyl (C=O) groups excluding carboxylic acids is 1. The van der Waals surface area contributed by atoms with Gasteiger partial charge in [0.25, 0.3) is 0 Å². The monoisotopic (exact) mass is 284 g/mol. The Labute approximate surface area is 125 Å². The van der Waals surface area contributed by atoms with Crippen LogP contribution >= 0.6 is 0 Å². The van der Waals surface area contributed by atoms with E-state index in [9.17, 15) is 4.79 Å². The van der Waals surface area contributed by atoms with Gasteiger partial charge < -0.3 is 9.47 Å². The second-order valence-electron chi connectivity index (χ2n) is 5.18. The lowest BCUT2D eigenvalue weighted by atomic mass is 10.0. The summed E-state index contributed by atoms with van der Waals surface area (Å²) in [7, 11) is 1.60. The second-order valence-corrected chi connectivity index (χ2v) is 5.18. The van der Waals surface area contributed by atoms with Gasteiger partial charge in [-0.15, -0.1) is 0 Å². The van der Waals surface area contributed by atoms with E-state index < -0.39 is 0 Å². The molecule has 110 valence electrons. The zero-order valence-corrected chi connectivity index (χ0v) is 12.8. The summed E-state index contributed by atoms with van der Waals surface area (Å²) < 4.78 is 11.0. The summed E-state index contributed by atoms with van der Waals surface area (Å²) in [5.74, 6) is 1.25. The highest BCUT2D eigenvalue weighted by Crippen LogP contribution is 2.25. The van der Waals surface area contributed by atoms with Crippen molar-refractivity contribution in [2.24, 2.45) is 0 Å². The lowest BCUT2D eigenvalue weighted by molar-refractivity contribution is 0.103. The van der Waals surface area contributed by atoms with E-state index in [-0.39, 0.29) is 11.9 Å². The highest BCUT2D eigenvalue weighted by Gasteiger charge is 2.16. The molecule has 21 heavy (non-hydrogen) atoms. The van der Waals surface area contributed by atoms with Crippen LogP contribution < -0.4 is 9.47 Å². The molecule has 0 saturated carbocycles. The SMILES string of the molecule is COc1cc(C(=O)c2ccccc2OC(C)C)ccc1C. The Balaban J connectivity index is 2.40. The van der Waals surface area contributed by atoms with Crippen molar-refractivity contribution in [1.29, 1.82) is 0 Å². The van der Waals surface area contributed by atoms with Gasteiger partial charge in [0, 0.05) is 5.56 Å². The molecule has 0 aliphatic heterocycles. The number of methoxy groups -OCH3 is 1. The number of ketones is 1. The summed E-state index contributed by atoms with van der Waals surface area (Å²) in [6.45, 7) is 5.83. The summed E-state index contributed by atoms with van der Waals surface area (Å²) in [6, 6.07) is 12.8. The van der Waals surface area contributed by atoms with Crippen molar-refractivity contribution >= 4 is 5.78 Å². The smallest absolute Gasteiger partial charge is 0.196 e. The normalized spacial score (nSPS) is 10.5. The average molecular weight is 284 g/mol. The van der Waals surface area contributed by atoms with Crippen LogP contribution in [0.1, 0.15) is 35.3 Å². The molecular formula is C18H20O3. The molecule has 2 aromatic rings. The minimum atomic E-state index is -0.0652. The molecule has 2 rings (SSSR count). The molecule has 3 heteroatoms. The third-order valence-corrected chi connectivity index (χ3v) is 3.16. The lowest BCUT2D eigenvalue weighted by Gasteiger charge is -2.14. The maximum Gasteiger partial charge on any atom is 0.196 e. The van der Waals surface area contributed by atoms with Gasteiger partial charge in [-0.25, -0.2) is 0 Å². The molecular weight excluding hydrogens is 264 g/mol. The van der Waals surface area contributed by atoms with Crippen molar-refractivity contribution in [3.8, 4) is 11.5 Å². The molecule has 0 spiro atoms. The van der Waals surface area contributed by atoms with E-state index in [4.69, 9.17) is 9.47 Å². The molecule has 0 aromatic heterocycles. The topological polar surface area (TPSA) is 35.5 Å². The van der Waals surface area contributed by atoms with Crippen LogP contribution in [0.25, 0.3) is 0 Å². The predicted molar refractivity (Wildman–Crippen MR) is 83.4 cm³/mol. The van der Waals surface area contributed by atoms with Crippen LogP contribution in [-0.2, 0) is 0 Å². The van der Waals surface area contributed by atoms with Crippen molar-refractivity contribution in [1.82, 2.24) is 0 Å². The molecule has 0 bridgehead atoms. The molecule has 0 heterocycles. The fourth-order valence-corrected chi connectivity index (χ4v) is 2.13. The first kappa shape index (κ1) is 15.1. The highest BCUT2D eigenvalue weighted by molar-refractivity contribution is 6.11. The van der Waals surface area contributed by atoms with Crippen LogP contribution in [0.3, 0.4) is 0 Å². The standard InChI is InChI=1S/C18H20O3/c1-12(2)21-16-8-6-5-7-15(16)18(19)14-10-9-13(3)17(11-14)20-4/h5-12H,1-4H3. The van der Waals surface area contributed by atoms with E-state index in [0.29, 0.717) is 22.6 Å². The number of hydrogen-bond acceptors (Lipinski definition) is 3. The summed E-state index contributed by atoms with van der Waals surface area (Å²) in [5.41, 5.74) is 2.16. The van der Waals surface area contributed by atoms with Crippen molar-refractivity contribution < 1.29 is 14.3 Å². The zero-order chi connectivity index (χ0) is 15.4. The summed E-state index contributed by atoms with van der Waals surface area (Å²) in [6.07, 6.45) is 0.0199. The lowest BCUT2D eigenvalue weighted by Crippen LogP contribution is -2.10. The van der Waals surface area contributed by atoms with Crippen molar-refractivity contribution in [2.45, 2.75) is 26.9 Å². The number of hydrogen-bond donors (Lipinski definition) is 0. The third kappa shape index (κ3) is 3.43. The number of benzene rings is 2. The molecule has 0 amide bonds. The molecule has 0 saturated heterocycles. The summed E-state index contributed by atoms with van der Waals surface area (Å²) in [4.78, 5) is 12.7. The highest BCUT2D eigenvalue weighted by atomic mass is 16.5. The maximum atomic E-state index is 12.7. The van der Waals surface area contributed by atoms with Crippen LogP contribution in [0.5, 0.6) is 11.5 Å².